The van der Waals surface area contributed by atoms with E-state index in [0.29, 0.717) is 22.1 Å². The van der Waals surface area contributed by atoms with Crippen LogP contribution in [0.4, 0.5) is 5.69 Å². The van der Waals surface area contributed by atoms with Gasteiger partial charge in [0.05, 0.1) is 19.9 Å². The molecule has 142 valence electrons. The molecule has 28 heavy (non-hydrogen) atoms. The SMILES string of the molecule is COc1ccc(-c2csc(/C(C#N)=C/Nc3cccc(C)c3C)n2)cc1OC. The van der Waals surface area contributed by atoms with Gasteiger partial charge in [0.2, 0.25) is 0 Å². The van der Waals surface area contributed by atoms with Gasteiger partial charge in [-0.2, -0.15) is 5.26 Å². The molecule has 1 heterocycles. The molecule has 0 saturated carbocycles. The lowest BCUT2D eigenvalue weighted by atomic mass is 10.1. The molecule has 0 fully saturated rings. The van der Waals surface area contributed by atoms with Crippen molar-refractivity contribution in [2.45, 2.75) is 13.8 Å². The minimum atomic E-state index is 0.484. The molecule has 0 aliphatic rings. The summed E-state index contributed by atoms with van der Waals surface area (Å²) in [5.74, 6) is 1.30. The van der Waals surface area contributed by atoms with Crippen molar-refractivity contribution in [1.29, 1.82) is 5.26 Å². The number of allylic oxidation sites excluding steroid dienone is 1. The minimum Gasteiger partial charge on any atom is -0.493 e. The lowest BCUT2D eigenvalue weighted by Crippen LogP contribution is -1.95. The van der Waals surface area contributed by atoms with Crippen LogP contribution in [0.2, 0.25) is 0 Å². The molecular formula is C22H21N3O2S. The Balaban J connectivity index is 1.87. The zero-order valence-corrected chi connectivity index (χ0v) is 17.1. The van der Waals surface area contributed by atoms with Crippen LogP contribution in [-0.2, 0) is 0 Å². The molecule has 5 nitrogen and oxygen atoms in total. The molecule has 3 rings (SSSR count). The topological polar surface area (TPSA) is 67.2 Å². The van der Waals surface area contributed by atoms with Gasteiger partial charge in [-0.1, -0.05) is 12.1 Å². The molecule has 0 saturated heterocycles. The number of methoxy groups -OCH3 is 2. The van der Waals surface area contributed by atoms with Crippen molar-refractivity contribution in [1.82, 2.24) is 4.98 Å². The number of thiazole rings is 1. The minimum absolute atomic E-state index is 0.484. The van der Waals surface area contributed by atoms with E-state index in [1.165, 1.54) is 16.9 Å². The van der Waals surface area contributed by atoms with E-state index in [-0.39, 0.29) is 0 Å². The number of benzene rings is 2. The van der Waals surface area contributed by atoms with Crippen molar-refractivity contribution in [3.8, 4) is 28.8 Å². The molecule has 1 N–H and O–H groups in total. The Morgan fingerprint density at radius 2 is 1.93 bits per heavy atom. The van der Waals surface area contributed by atoms with Crippen LogP contribution in [0.25, 0.3) is 16.8 Å². The van der Waals surface area contributed by atoms with Crippen molar-refractivity contribution in [2.24, 2.45) is 0 Å². The first kappa shape index (κ1) is 19.5. The molecule has 2 aromatic carbocycles. The number of nitriles is 1. The zero-order valence-electron chi connectivity index (χ0n) is 16.2. The monoisotopic (exact) mass is 391 g/mol. The summed E-state index contributed by atoms with van der Waals surface area (Å²) < 4.78 is 10.6. The van der Waals surface area contributed by atoms with Crippen LogP contribution >= 0.6 is 11.3 Å². The molecule has 0 aliphatic heterocycles. The second-order valence-electron chi connectivity index (χ2n) is 6.17. The average Bonchev–Trinajstić information content (AvgIpc) is 3.21. The average molecular weight is 391 g/mol. The normalized spacial score (nSPS) is 11.0. The number of hydrogen-bond acceptors (Lipinski definition) is 6. The van der Waals surface area contributed by atoms with Gasteiger partial charge in [0.25, 0.3) is 0 Å². The number of nitrogens with zero attached hydrogens (tertiary/aromatic N) is 2. The summed E-state index contributed by atoms with van der Waals surface area (Å²) in [4.78, 5) is 4.63. The Labute approximate surface area is 168 Å². The fourth-order valence-corrected chi connectivity index (χ4v) is 3.52. The zero-order chi connectivity index (χ0) is 20.1. The quantitative estimate of drug-likeness (QED) is 0.568. The summed E-state index contributed by atoms with van der Waals surface area (Å²) in [7, 11) is 3.20. The van der Waals surface area contributed by atoms with Crippen LogP contribution < -0.4 is 14.8 Å². The smallest absolute Gasteiger partial charge is 0.161 e. The summed E-state index contributed by atoms with van der Waals surface area (Å²) in [6.45, 7) is 4.11. The van der Waals surface area contributed by atoms with E-state index in [1.54, 1.807) is 20.4 Å². The molecule has 0 amide bonds. The van der Waals surface area contributed by atoms with Crippen molar-refractivity contribution in [3.05, 3.63) is 64.1 Å². The van der Waals surface area contributed by atoms with Gasteiger partial charge in [0, 0.05) is 22.8 Å². The highest BCUT2D eigenvalue weighted by Gasteiger charge is 2.12. The van der Waals surface area contributed by atoms with E-state index in [4.69, 9.17) is 9.47 Å². The van der Waals surface area contributed by atoms with E-state index >= 15 is 0 Å². The van der Waals surface area contributed by atoms with Gasteiger partial charge in [-0.05, 0) is 49.2 Å². The molecule has 1 aromatic heterocycles. The van der Waals surface area contributed by atoms with Gasteiger partial charge in [-0.15, -0.1) is 11.3 Å². The molecule has 6 heteroatoms. The Morgan fingerprint density at radius 3 is 2.64 bits per heavy atom. The Morgan fingerprint density at radius 1 is 1.14 bits per heavy atom. The second-order valence-corrected chi connectivity index (χ2v) is 7.03. The maximum absolute atomic E-state index is 9.58. The highest BCUT2D eigenvalue weighted by Crippen LogP contribution is 2.33. The van der Waals surface area contributed by atoms with Crippen LogP contribution in [0.15, 0.2) is 48.0 Å². The van der Waals surface area contributed by atoms with Crippen molar-refractivity contribution in [2.75, 3.05) is 19.5 Å². The van der Waals surface area contributed by atoms with Crippen LogP contribution in [0.5, 0.6) is 11.5 Å². The van der Waals surface area contributed by atoms with Gasteiger partial charge in [0.15, 0.2) is 11.5 Å². The molecule has 0 radical (unpaired) electrons. The maximum atomic E-state index is 9.58. The second kappa shape index (κ2) is 8.59. The fourth-order valence-electron chi connectivity index (χ4n) is 2.72. The van der Waals surface area contributed by atoms with Crippen LogP contribution in [0.1, 0.15) is 16.1 Å². The third-order valence-electron chi connectivity index (χ3n) is 4.51. The predicted octanol–water partition coefficient (Wildman–Crippen LogP) is 5.42. The first-order valence-corrected chi connectivity index (χ1v) is 9.56. The van der Waals surface area contributed by atoms with Gasteiger partial charge in [0.1, 0.15) is 16.6 Å². The third kappa shape index (κ3) is 4.00. The largest absolute Gasteiger partial charge is 0.493 e. The maximum Gasteiger partial charge on any atom is 0.161 e. The van der Waals surface area contributed by atoms with Crippen molar-refractivity contribution < 1.29 is 9.47 Å². The van der Waals surface area contributed by atoms with Crippen LogP contribution in [0, 0.1) is 25.2 Å². The van der Waals surface area contributed by atoms with E-state index in [0.717, 1.165) is 22.5 Å². The number of nitrogens with one attached hydrogen (secondary N) is 1. The first-order chi connectivity index (χ1) is 13.6. The molecule has 0 bridgehead atoms. The lowest BCUT2D eigenvalue weighted by molar-refractivity contribution is 0.355. The van der Waals surface area contributed by atoms with E-state index < -0.39 is 0 Å². The standard InChI is InChI=1S/C22H21N3O2S/c1-14-6-5-7-18(15(14)2)24-12-17(11-23)22-25-19(13-28-22)16-8-9-20(26-3)21(10-16)27-4/h5-10,12-13,24H,1-4H3/b17-12+. The molecular weight excluding hydrogens is 370 g/mol. The highest BCUT2D eigenvalue weighted by molar-refractivity contribution is 7.11. The number of aryl methyl sites for hydroxylation is 1. The summed E-state index contributed by atoms with van der Waals surface area (Å²) in [6.07, 6.45) is 1.71. The van der Waals surface area contributed by atoms with Gasteiger partial charge in [-0.3, -0.25) is 0 Å². The van der Waals surface area contributed by atoms with Crippen LogP contribution in [0.3, 0.4) is 0 Å². The number of ether oxygens (including phenoxy) is 2. The molecule has 0 atom stereocenters. The number of aromatic nitrogens is 1. The van der Waals surface area contributed by atoms with Crippen LogP contribution in [-0.4, -0.2) is 19.2 Å². The molecule has 0 spiro atoms. The highest BCUT2D eigenvalue weighted by atomic mass is 32.1. The Hall–Kier alpha value is -3.30. The fraction of sp³-hybridized carbons (Fsp3) is 0.182. The lowest BCUT2D eigenvalue weighted by Gasteiger charge is -2.08. The van der Waals surface area contributed by atoms with Gasteiger partial charge in [-0.25, -0.2) is 4.98 Å². The summed E-state index contributed by atoms with van der Waals surface area (Å²) >= 11 is 1.43. The molecule has 0 unspecified atom stereocenters. The summed E-state index contributed by atoms with van der Waals surface area (Å²) in [5, 5.41) is 15.4. The number of anilines is 1. The number of hydrogen-bond donors (Lipinski definition) is 1. The van der Waals surface area contributed by atoms with Crippen molar-refractivity contribution in [3.63, 3.8) is 0 Å². The summed E-state index contributed by atoms with van der Waals surface area (Å²) in [5.41, 5.74) is 5.50. The first-order valence-electron chi connectivity index (χ1n) is 8.68. The van der Waals surface area contributed by atoms with E-state index in [9.17, 15) is 5.26 Å². The van der Waals surface area contributed by atoms with E-state index in [1.807, 2.05) is 35.7 Å². The molecule has 3 aromatic rings. The van der Waals surface area contributed by atoms with E-state index in [2.05, 4.69) is 36.3 Å². The van der Waals surface area contributed by atoms with Gasteiger partial charge >= 0.3 is 0 Å². The molecule has 0 aliphatic carbocycles. The Kier molecular flexibility index (Phi) is 5.97. The Bertz CT molecular complexity index is 1060. The van der Waals surface area contributed by atoms with Gasteiger partial charge < -0.3 is 14.8 Å². The van der Waals surface area contributed by atoms with Crippen molar-refractivity contribution >= 4 is 22.6 Å². The third-order valence-corrected chi connectivity index (χ3v) is 5.39. The predicted molar refractivity (Wildman–Crippen MR) is 114 cm³/mol. The number of rotatable bonds is 6. The summed E-state index contributed by atoms with van der Waals surface area (Å²) in [6, 6.07) is 13.9.